The van der Waals surface area contributed by atoms with E-state index in [-0.39, 0.29) is 5.69 Å². The lowest BCUT2D eigenvalue weighted by Crippen LogP contribution is -2.44. The van der Waals surface area contributed by atoms with Crippen molar-refractivity contribution in [3.63, 3.8) is 0 Å². The second kappa shape index (κ2) is 3.64. The Morgan fingerprint density at radius 3 is 2.88 bits per heavy atom. The number of hydrogen-bond acceptors (Lipinski definition) is 4. The van der Waals surface area contributed by atoms with Gasteiger partial charge in [0.05, 0.1) is 5.52 Å². The van der Waals surface area contributed by atoms with E-state index in [2.05, 4.69) is 25.2 Å². The molecule has 2 aromatic heterocycles. The number of anilines is 1. The minimum atomic E-state index is -0.181. The Morgan fingerprint density at radius 1 is 1.25 bits per heavy atom. The van der Waals surface area contributed by atoms with Crippen LogP contribution < -0.4 is 15.9 Å². The predicted octanol–water partition coefficient (Wildman–Crippen LogP) is -0.339. The lowest BCUT2D eigenvalue weighted by Gasteiger charge is -2.28. The highest BCUT2D eigenvalue weighted by molar-refractivity contribution is 5.85. The third kappa shape index (κ3) is 1.47. The normalized spacial score (nSPS) is 16.9. The fourth-order valence-corrected chi connectivity index (χ4v) is 2.06. The number of aromatic amines is 2. The molecule has 0 spiro atoms. The van der Waals surface area contributed by atoms with Crippen molar-refractivity contribution >= 4 is 16.9 Å². The summed E-state index contributed by atoms with van der Waals surface area (Å²) < 4.78 is 0. The van der Waals surface area contributed by atoms with Crippen LogP contribution in [-0.4, -0.2) is 41.1 Å². The average molecular weight is 219 g/mol. The smallest absolute Gasteiger partial charge is 0.323 e. The molecule has 6 heteroatoms. The van der Waals surface area contributed by atoms with Crippen molar-refractivity contribution < 1.29 is 0 Å². The molecule has 3 rings (SSSR count). The SMILES string of the molecule is O=c1[nH]c2ccnc(N3CCNCC3)c2[nH]1. The average Bonchev–Trinajstić information content (AvgIpc) is 2.70. The van der Waals surface area contributed by atoms with E-state index in [0.29, 0.717) is 0 Å². The highest BCUT2D eigenvalue weighted by atomic mass is 16.1. The van der Waals surface area contributed by atoms with Gasteiger partial charge in [-0.25, -0.2) is 9.78 Å². The summed E-state index contributed by atoms with van der Waals surface area (Å²) in [6.45, 7) is 3.73. The fraction of sp³-hybridized carbons (Fsp3) is 0.400. The monoisotopic (exact) mass is 219 g/mol. The number of piperazine rings is 1. The molecule has 0 aromatic carbocycles. The first-order chi connectivity index (χ1) is 7.84. The van der Waals surface area contributed by atoms with Crippen LogP contribution in [0.3, 0.4) is 0 Å². The molecule has 1 aliphatic heterocycles. The largest absolute Gasteiger partial charge is 0.352 e. The zero-order valence-electron chi connectivity index (χ0n) is 8.79. The molecule has 3 heterocycles. The molecular weight excluding hydrogens is 206 g/mol. The molecule has 1 aliphatic rings. The van der Waals surface area contributed by atoms with Crippen LogP contribution in [0.5, 0.6) is 0 Å². The van der Waals surface area contributed by atoms with E-state index in [1.54, 1.807) is 12.3 Å². The Labute approximate surface area is 91.7 Å². The molecule has 0 saturated carbocycles. The van der Waals surface area contributed by atoms with E-state index in [9.17, 15) is 4.79 Å². The number of aromatic nitrogens is 3. The lowest BCUT2D eigenvalue weighted by atomic mass is 10.3. The van der Waals surface area contributed by atoms with Gasteiger partial charge in [-0.05, 0) is 6.07 Å². The van der Waals surface area contributed by atoms with Crippen molar-refractivity contribution in [3.8, 4) is 0 Å². The zero-order valence-corrected chi connectivity index (χ0v) is 8.79. The number of rotatable bonds is 1. The third-order valence-corrected chi connectivity index (χ3v) is 2.83. The minimum absolute atomic E-state index is 0.181. The number of pyridine rings is 1. The van der Waals surface area contributed by atoms with Gasteiger partial charge in [0.25, 0.3) is 0 Å². The van der Waals surface area contributed by atoms with Gasteiger partial charge in [0.15, 0.2) is 5.82 Å². The first-order valence-corrected chi connectivity index (χ1v) is 5.37. The first kappa shape index (κ1) is 9.41. The molecule has 0 unspecified atom stereocenters. The Balaban J connectivity index is 2.11. The Morgan fingerprint density at radius 2 is 2.06 bits per heavy atom. The molecule has 3 N–H and O–H groups in total. The molecule has 0 aliphatic carbocycles. The maximum atomic E-state index is 11.3. The van der Waals surface area contributed by atoms with E-state index < -0.39 is 0 Å². The summed E-state index contributed by atoms with van der Waals surface area (Å²) in [7, 11) is 0. The molecule has 0 amide bonds. The molecule has 16 heavy (non-hydrogen) atoms. The molecule has 6 nitrogen and oxygen atoms in total. The third-order valence-electron chi connectivity index (χ3n) is 2.83. The summed E-state index contributed by atoms with van der Waals surface area (Å²) in [6.07, 6.45) is 1.73. The number of nitrogens with zero attached hydrogens (tertiary/aromatic N) is 2. The van der Waals surface area contributed by atoms with Crippen LogP contribution in [0.1, 0.15) is 0 Å². The Kier molecular flexibility index (Phi) is 2.14. The maximum Gasteiger partial charge on any atom is 0.323 e. The van der Waals surface area contributed by atoms with Crippen LogP contribution in [0.4, 0.5) is 5.82 Å². The molecule has 0 bridgehead atoms. The van der Waals surface area contributed by atoms with Crippen molar-refractivity contribution in [1.82, 2.24) is 20.3 Å². The van der Waals surface area contributed by atoms with Crippen LogP contribution in [0.2, 0.25) is 0 Å². The summed E-state index contributed by atoms with van der Waals surface area (Å²) in [4.78, 5) is 23.3. The zero-order chi connectivity index (χ0) is 11.0. The van der Waals surface area contributed by atoms with E-state index in [1.165, 1.54) is 0 Å². The van der Waals surface area contributed by atoms with Crippen molar-refractivity contribution in [1.29, 1.82) is 0 Å². The second-order valence-electron chi connectivity index (χ2n) is 3.87. The van der Waals surface area contributed by atoms with Gasteiger partial charge in [-0.15, -0.1) is 0 Å². The number of fused-ring (bicyclic) bond motifs is 1. The first-order valence-electron chi connectivity index (χ1n) is 5.37. The lowest BCUT2D eigenvalue weighted by molar-refractivity contribution is 0.586. The quantitative estimate of drug-likeness (QED) is 0.613. The van der Waals surface area contributed by atoms with Crippen LogP contribution in [0.25, 0.3) is 11.0 Å². The standard InChI is InChI=1S/C10H13N5O/c16-10-13-7-1-2-12-9(8(7)14-10)15-5-3-11-4-6-15/h1-2,11H,3-6H2,(H2,13,14,16). The molecule has 84 valence electrons. The minimum Gasteiger partial charge on any atom is -0.352 e. The van der Waals surface area contributed by atoms with Crippen molar-refractivity contribution in [2.24, 2.45) is 0 Å². The number of imidazole rings is 1. The number of hydrogen-bond donors (Lipinski definition) is 3. The van der Waals surface area contributed by atoms with Crippen LogP contribution in [-0.2, 0) is 0 Å². The van der Waals surface area contributed by atoms with Crippen LogP contribution in [0, 0.1) is 0 Å². The van der Waals surface area contributed by atoms with Crippen molar-refractivity contribution in [2.75, 3.05) is 31.1 Å². The van der Waals surface area contributed by atoms with Gasteiger partial charge in [-0.3, -0.25) is 0 Å². The maximum absolute atomic E-state index is 11.3. The summed E-state index contributed by atoms with van der Waals surface area (Å²) in [6, 6.07) is 1.80. The van der Waals surface area contributed by atoms with Crippen molar-refractivity contribution in [2.45, 2.75) is 0 Å². The van der Waals surface area contributed by atoms with Gasteiger partial charge in [0.1, 0.15) is 5.52 Å². The van der Waals surface area contributed by atoms with Gasteiger partial charge in [0.2, 0.25) is 0 Å². The Bertz CT molecular complexity index is 552. The van der Waals surface area contributed by atoms with Gasteiger partial charge in [-0.1, -0.05) is 0 Å². The predicted molar refractivity (Wildman–Crippen MR) is 61.8 cm³/mol. The molecule has 1 saturated heterocycles. The van der Waals surface area contributed by atoms with Crippen LogP contribution >= 0.6 is 0 Å². The molecule has 1 fully saturated rings. The van der Waals surface area contributed by atoms with E-state index in [1.807, 2.05) is 0 Å². The summed E-state index contributed by atoms with van der Waals surface area (Å²) in [5.74, 6) is 0.859. The topological polar surface area (TPSA) is 76.8 Å². The number of H-pyrrole nitrogens is 2. The number of nitrogens with one attached hydrogen (secondary N) is 3. The van der Waals surface area contributed by atoms with Gasteiger partial charge < -0.3 is 20.2 Å². The highest BCUT2D eigenvalue weighted by Gasteiger charge is 2.15. The van der Waals surface area contributed by atoms with E-state index in [4.69, 9.17) is 0 Å². The highest BCUT2D eigenvalue weighted by Crippen LogP contribution is 2.19. The molecule has 0 radical (unpaired) electrons. The van der Waals surface area contributed by atoms with E-state index in [0.717, 1.165) is 43.0 Å². The summed E-state index contributed by atoms with van der Waals surface area (Å²) in [5.41, 5.74) is 1.43. The molecule has 0 atom stereocenters. The fourth-order valence-electron chi connectivity index (χ4n) is 2.06. The van der Waals surface area contributed by atoms with Gasteiger partial charge >= 0.3 is 5.69 Å². The molecular formula is C10H13N5O. The summed E-state index contributed by atoms with van der Waals surface area (Å²) in [5, 5.41) is 3.29. The second-order valence-corrected chi connectivity index (χ2v) is 3.87. The molecule has 2 aromatic rings. The van der Waals surface area contributed by atoms with Gasteiger partial charge in [-0.2, -0.15) is 0 Å². The summed E-state index contributed by atoms with van der Waals surface area (Å²) >= 11 is 0. The Hall–Kier alpha value is -1.82. The van der Waals surface area contributed by atoms with Crippen molar-refractivity contribution in [3.05, 3.63) is 22.7 Å². The van der Waals surface area contributed by atoms with Gasteiger partial charge in [0, 0.05) is 32.4 Å². The van der Waals surface area contributed by atoms with E-state index >= 15 is 0 Å². The van der Waals surface area contributed by atoms with Crippen LogP contribution in [0.15, 0.2) is 17.1 Å².